The summed E-state index contributed by atoms with van der Waals surface area (Å²) in [5, 5.41) is 21.4. The van der Waals surface area contributed by atoms with Gasteiger partial charge in [0.05, 0.1) is 11.1 Å². The first-order valence-corrected chi connectivity index (χ1v) is 15.7. The lowest BCUT2D eigenvalue weighted by Gasteiger charge is -2.25. The molecule has 2 aliphatic rings. The monoisotopic (exact) mass is 806 g/mol. The molecule has 48 heavy (non-hydrogen) atoms. The molecular weight excluding hydrogens is 780 g/mol. The lowest BCUT2D eigenvalue weighted by Crippen LogP contribution is -2.43. The Labute approximate surface area is 284 Å². The third-order valence-electron chi connectivity index (χ3n) is 6.96. The number of aromatic nitrogens is 4. The van der Waals surface area contributed by atoms with E-state index >= 15 is 0 Å². The van der Waals surface area contributed by atoms with Crippen molar-refractivity contribution < 1.29 is 53.0 Å². The summed E-state index contributed by atoms with van der Waals surface area (Å²) in [5.74, 6) is -1.59. The van der Waals surface area contributed by atoms with E-state index in [1.807, 2.05) is 0 Å². The number of aliphatic hydroxyl groups excluding tert-OH is 2. The molecule has 0 aliphatic carbocycles. The molecule has 260 valence electrons. The first-order chi connectivity index (χ1) is 22.7. The maximum absolute atomic E-state index is 12.6. The molecule has 21 heteroatoms. The zero-order chi connectivity index (χ0) is 35.3. The van der Waals surface area contributed by atoms with Gasteiger partial charge < -0.3 is 38.6 Å². The SMILES string of the molecule is CC(=O)O[C@H]1C[C@H](n2cc(C=CBr)c(=O)[nH]c2=O)O[C@@H]1C(O)OC(=O)OC(O)[C@H]1O[C@@H](n2cc(C=CBr)c(=O)[nH]c2=O)C[C@@H]1OC(C)=O. The molecule has 2 saturated heterocycles. The lowest BCUT2D eigenvalue weighted by molar-refractivity contribution is -0.214. The van der Waals surface area contributed by atoms with Gasteiger partial charge in [-0.2, -0.15) is 0 Å². The van der Waals surface area contributed by atoms with Gasteiger partial charge in [0.2, 0.25) is 12.6 Å². The molecule has 0 amide bonds. The highest BCUT2D eigenvalue weighted by molar-refractivity contribution is 9.11. The van der Waals surface area contributed by atoms with Gasteiger partial charge in [0.15, 0.2) is 12.2 Å². The van der Waals surface area contributed by atoms with Crippen molar-refractivity contribution in [3.05, 3.63) is 75.2 Å². The Morgan fingerprint density at radius 1 is 0.792 bits per heavy atom. The van der Waals surface area contributed by atoms with Crippen LogP contribution in [0, 0.1) is 0 Å². The van der Waals surface area contributed by atoms with E-state index in [1.165, 1.54) is 34.5 Å². The van der Waals surface area contributed by atoms with Crippen molar-refractivity contribution in [2.24, 2.45) is 0 Å². The van der Waals surface area contributed by atoms with Crippen LogP contribution in [-0.4, -0.2) is 84.4 Å². The number of rotatable bonds is 10. The van der Waals surface area contributed by atoms with E-state index < -0.39 is 90.0 Å². The van der Waals surface area contributed by atoms with Gasteiger partial charge in [-0.25, -0.2) is 14.4 Å². The number of H-pyrrole nitrogens is 2. The van der Waals surface area contributed by atoms with Crippen molar-refractivity contribution in [1.29, 1.82) is 0 Å². The standard InChI is InChI=1S/C27H28Br2N4O15/c1-11(34)43-15-7-17(32-9-13(3-5-28)21(36)30-25(32)40)45-19(15)23(38)47-27(42)48-24(39)20-16(44-12(2)35)8-18(46-20)33-10-14(4-6-29)22(37)31-26(33)41/h3-6,9-10,15-20,23-24,38-39H,7-8H2,1-2H3,(H,30,36,40)(H,31,37,41)/t15-,16-,17+,18+,19-,20-,23?,24?/m0/s1. The number of aromatic amines is 2. The summed E-state index contributed by atoms with van der Waals surface area (Å²) in [5.41, 5.74) is -3.04. The predicted octanol–water partition coefficient (Wildman–Crippen LogP) is 0.0464. The number of ether oxygens (including phenoxy) is 6. The minimum absolute atomic E-state index is 0.0574. The molecule has 0 radical (unpaired) electrons. The van der Waals surface area contributed by atoms with Crippen molar-refractivity contribution in [2.75, 3.05) is 0 Å². The third-order valence-corrected chi connectivity index (χ3v) is 7.48. The van der Waals surface area contributed by atoms with E-state index in [0.29, 0.717) is 0 Å². The van der Waals surface area contributed by atoms with E-state index in [1.54, 1.807) is 0 Å². The molecule has 0 bridgehead atoms. The number of hydrogen-bond donors (Lipinski definition) is 4. The van der Waals surface area contributed by atoms with Crippen LogP contribution in [0.15, 0.2) is 41.5 Å². The van der Waals surface area contributed by atoms with Gasteiger partial charge in [0, 0.05) is 39.1 Å². The predicted molar refractivity (Wildman–Crippen MR) is 166 cm³/mol. The third kappa shape index (κ3) is 8.65. The van der Waals surface area contributed by atoms with Crippen LogP contribution in [0.4, 0.5) is 4.79 Å². The fourth-order valence-electron chi connectivity index (χ4n) is 4.99. The van der Waals surface area contributed by atoms with Crippen LogP contribution in [0.25, 0.3) is 12.2 Å². The second kappa shape index (κ2) is 15.8. The summed E-state index contributed by atoms with van der Waals surface area (Å²) in [7, 11) is 0. The van der Waals surface area contributed by atoms with Gasteiger partial charge in [-0.3, -0.25) is 38.3 Å². The van der Waals surface area contributed by atoms with E-state index in [9.17, 15) is 43.8 Å². The van der Waals surface area contributed by atoms with Gasteiger partial charge in [-0.15, -0.1) is 0 Å². The first kappa shape index (κ1) is 36.7. The molecule has 19 nitrogen and oxygen atoms in total. The highest BCUT2D eigenvalue weighted by Gasteiger charge is 2.47. The van der Waals surface area contributed by atoms with Crippen molar-refractivity contribution in [3.63, 3.8) is 0 Å². The number of hydrogen-bond acceptors (Lipinski definition) is 15. The Balaban J connectivity index is 1.48. The summed E-state index contributed by atoms with van der Waals surface area (Å²) in [4.78, 5) is 92.3. The summed E-state index contributed by atoms with van der Waals surface area (Å²) < 4.78 is 33.4. The van der Waals surface area contributed by atoms with Crippen molar-refractivity contribution in [2.45, 2.75) is 76.1 Å². The molecule has 2 aliphatic heterocycles. The Morgan fingerprint density at radius 2 is 1.17 bits per heavy atom. The minimum Gasteiger partial charge on any atom is -0.459 e. The van der Waals surface area contributed by atoms with E-state index in [4.69, 9.17) is 28.4 Å². The van der Waals surface area contributed by atoms with E-state index in [2.05, 4.69) is 41.8 Å². The Morgan fingerprint density at radius 3 is 1.50 bits per heavy atom. The van der Waals surface area contributed by atoms with Gasteiger partial charge >= 0.3 is 29.5 Å². The summed E-state index contributed by atoms with van der Waals surface area (Å²) in [6.45, 7) is 2.14. The maximum Gasteiger partial charge on any atom is 0.513 e. The van der Waals surface area contributed by atoms with Crippen molar-refractivity contribution >= 4 is 62.1 Å². The topological polar surface area (TPSA) is 257 Å². The smallest absolute Gasteiger partial charge is 0.459 e. The van der Waals surface area contributed by atoms with Crippen LogP contribution in [0.5, 0.6) is 0 Å². The van der Waals surface area contributed by atoms with Gasteiger partial charge in [0.1, 0.15) is 24.7 Å². The Kier molecular flexibility index (Phi) is 12.1. The summed E-state index contributed by atoms with van der Waals surface area (Å²) >= 11 is 6.07. The molecular formula is C27H28Br2N4O15. The number of halogens is 2. The van der Waals surface area contributed by atoms with Gasteiger partial charge in [0.25, 0.3) is 11.1 Å². The summed E-state index contributed by atoms with van der Waals surface area (Å²) in [6.07, 6.45) is -9.54. The fraction of sp³-hybridized carbons (Fsp3) is 0.444. The van der Waals surface area contributed by atoms with Gasteiger partial charge in [-0.05, 0) is 22.1 Å². The molecule has 4 heterocycles. The number of nitrogens with one attached hydrogen (secondary N) is 2. The normalized spacial score (nSPS) is 25.2. The molecule has 2 aromatic rings. The molecule has 0 spiro atoms. The number of carbonyl (C=O) groups is 3. The average Bonchev–Trinajstić information content (AvgIpc) is 3.59. The second-order valence-electron chi connectivity index (χ2n) is 10.2. The zero-order valence-electron chi connectivity index (χ0n) is 24.8. The van der Waals surface area contributed by atoms with E-state index in [0.717, 1.165) is 23.0 Å². The Hall–Kier alpha value is -4.15. The molecule has 2 aromatic heterocycles. The van der Waals surface area contributed by atoms with Crippen LogP contribution in [0.2, 0.25) is 0 Å². The summed E-state index contributed by atoms with van der Waals surface area (Å²) in [6, 6.07) is 0. The highest BCUT2D eigenvalue weighted by atomic mass is 79.9. The van der Waals surface area contributed by atoms with Crippen LogP contribution >= 0.6 is 31.9 Å². The number of aliphatic hydroxyl groups is 2. The molecule has 2 fully saturated rings. The molecule has 0 saturated carbocycles. The largest absolute Gasteiger partial charge is 0.513 e. The quantitative estimate of drug-likeness (QED) is 0.141. The number of nitrogens with zero attached hydrogens (tertiary/aromatic N) is 2. The zero-order valence-corrected chi connectivity index (χ0v) is 28.0. The minimum atomic E-state index is -2.19. The number of esters is 2. The van der Waals surface area contributed by atoms with E-state index in [-0.39, 0.29) is 24.0 Å². The lowest BCUT2D eigenvalue weighted by atomic mass is 10.1. The van der Waals surface area contributed by atoms with Crippen LogP contribution in [0.1, 0.15) is 50.3 Å². The average molecular weight is 808 g/mol. The number of carbonyl (C=O) groups excluding carboxylic acids is 3. The van der Waals surface area contributed by atoms with Crippen molar-refractivity contribution in [1.82, 2.24) is 19.1 Å². The van der Waals surface area contributed by atoms with Crippen molar-refractivity contribution in [3.8, 4) is 0 Å². The maximum atomic E-state index is 12.6. The fourth-order valence-corrected chi connectivity index (χ4v) is 5.56. The molecule has 0 aromatic carbocycles. The Bertz CT molecular complexity index is 1700. The second-order valence-corrected chi connectivity index (χ2v) is 11.3. The highest BCUT2D eigenvalue weighted by Crippen LogP contribution is 2.34. The van der Waals surface area contributed by atoms with Crippen LogP contribution < -0.4 is 22.5 Å². The first-order valence-electron chi connectivity index (χ1n) is 13.9. The van der Waals surface area contributed by atoms with Crippen LogP contribution in [-0.2, 0) is 38.0 Å². The molecule has 8 atom stereocenters. The van der Waals surface area contributed by atoms with Crippen LogP contribution in [0.3, 0.4) is 0 Å². The van der Waals surface area contributed by atoms with Gasteiger partial charge in [-0.1, -0.05) is 31.9 Å². The molecule has 2 unspecified atom stereocenters. The molecule has 4 N–H and O–H groups in total. The molecule has 4 rings (SSSR count).